The van der Waals surface area contributed by atoms with E-state index in [2.05, 4.69) is 15.3 Å². The lowest BCUT2D eigenvalue weighted by Gasteiger charge is -2.44. The number of anilines is 1. The molecular formula is C16H16F3N5O. The fourth-order valence-corrected chi connectivity index (χ4v) is 2.95. The molecule has 1 amide bonds. The molecule has 0 unspecified atom stereocenters. The molecule has 25 heavy (non-hydrogen) atoms. The van der Waals surface area contributed by atoms with Crippen LogP contribution in [0.2, 0.25) is 0 Å². The van der Waals surface area contributed by atoms with E-state index in [9.17, 15) is 18.0 Å². The number of hydrogen-bond acceptors (Lipinski definition) is 5. The van der Waals surface area contributed by atoms with Gasteiger partial charge in [-0.3, -0.25) is 10.2 Å². The molecule has 3 rings (SSSR count). The number of carbonyl (C=O) groups excluding carboxylic acids is 1. The van der Waals surface area contributed by atoms with E-state index in [0.29, 0.717) is 12.8 Å². The van der Waals surface area contributed by atoms with Gasteiger partial charge in [0.25, 0.3) is 5.91 Å². The Bertz CT molecular complexity index is 772. The number of hydrazine groups is 1. The minimum atomic E-state index is -4.44. The monoisotopic (exact) mass is 351 g/mol. The molecule has 1 aromatic carbocycles. The fraction of sp³-hybridized carbons (Fsp3) is 0.312. The van der Waals surface area contributed by atoms with Crippen molar-refractivity contribution in [1.82, 2.24) is 15.4 Å². The highest BCUT2D eigenvalue weighted by atomic mass is 19.4. The van der Waals surface area contributed by atoms with E-state index in [1.165, 1.54) is 24.5 Å². The van der Waals surface area contributed by atoms with Crippen LogP contribution in [0.4, 0.5) is 19.1 Å². The molecular weight excluding hydrogens is 335 g/mol. The number of nitrogen functional groups attached to an aromatic ring is 1. The maximum atomic E-state index is 13.3. The van der Waals surface area contributed by atoms with Gasteiger partial charge in [-0.2, -0.15) is 13.2 Å². The van der Waals surface area contributed by atoms with Crippen molar-refractivity contribution >= 4 is 11.9 Å². The summed E-state index contributed by atoms with van der Waals surface area (Å²) >= 11 is 0. The van der Waals surface area contributed by atoms with E-state index in [-0.39, 0.29) is 17.1 Å². The topological polar surface area (TPSA) is 92.9 Å². The maximum Gasteiger partial charge on any atom is 0.416 e. The number of nitrogens with zero attached hydrogens (tertiary/aromatic N) is 2. The van der Waals surface area contributed by atoms with E-state index in [4.69, 9.17) is 5.84 Å². The number of halogens is 3. The number of nitrogens with one attached hydrogen (secondary N) is 2. The summed E-state index contributed by atoms with van der Waals surface area (Å²) in [5.41, 5.74) is 0.760. The molecule has 1 aromatic heterocycles. The van der Waals surface area contributed by atoms with Crippen LogP contribution in [-0.4, -0.2) is 15.9 Å². The van der Waals surface area contributed by atoms with Crippen LogP contribution in [0.15, 0.2) is 36.7 Å². The summed E-state index contributed by atoms with van der Waals surface area (Å²) in [7, 11) is 0. The van der Waals surface area contributed by atoms with Gasteiger partial charge >= 0.3 is 6.18 Å². The zero-order valence-electron chi connectivity index (χ0n) is 13.1. The Balaban J connectivity index is 1.91. The van der Waals surface area contributed by atoms with Crippen LogP contribution in [0.25, 0.3) is 0 Å². The maximum absolute atomic E-state index is 13.3. The largest absolute Gasteiger partial charge is 0.416 e. The first-order valence-electron chi connectivity index (χ1n) is 7.64. The molecule has 0 spiro atoms. The highest BCUT2D eigenvalue weighted by Gasteiger charge is 2.45. The molecule has 1 saturated carbocycles. The highest BCUT2D eigenvalue weighted by molar-refractivity contribution is 5.93. The van der Waals surface area contributed by atoms with Crippen LogP contribution in [0, 0.1) is 0 Å². The summed E-state index contributed by atoms with van der Waals surface area (Å²) < 4.78 is 40.0. The third kappa shape index (κ3) is 3.27. The number of amides is 1. The van der Waals surface area contributed by atoms with E-state index in [0.717, 1.165) is 12.5 Å². The van der Waals surface area contributed by atoms with E-state index < -0.39 is 23.2 Å². The Morgan fingerprint density at radius 1 is 1.16 bits per heavy atom. The fourth-order valence-electron chi connectivity index (χ4n) is 2.95. The van der Waals surface area contributed by atoms with Gasteiger partial charge < -0.3 is 5.32 Å². The standard InChI is InChI=1S/C16H16F3N5O/c17-16(18,19)12-5-2-1-4-11(12)15(6-3-7-15)23-14-21-8-10(9-22-14)13(25)24-20/h1-2,4-5,8-9H,3,6-7,20H2,(H,24,25)(H,21,22,23). The molecule has 6 nitrogen and oxygen atoms in total. The van der Waals surface area contributed by atoms with Gasteiger partial charge in [-0.05, 0) is 30.9 Å². The van der Waals surface area contributed by atoms with Crippen molar-refractivity contribution in [3.05, 3.63) is 53.3 Å². The van der Waals surface area contributed by atoms with Gasteiger partial charge in [-0.1, -0.05) is 18.2 Å². The molecule has 132 valence electrons. The van der Waals surface area contributed by atoms with Crippen molar-refractivity contribution in [2.75, 3.05) is 5.32 Å². The lowest BCUT2D eigenvalue weighted by atomic mass is 9.70. The van der Waals surface area contributed by atoms with Crippen LogP contribution < -0.4 is 16.6 Å². The summed E-state index contributed by atoms with van der Waals surface area (Å²) in [6.07, 6.45) is -0.0419. The number of aromatic nitrogens is 2. The first-order chi connectivity index (χ1) is 11.9. The average Bonchev–Trinajstić information content (AvgIpc) is 2.57. The average molecular weight is 351 g/mol. The summed E-state index contributed by atoms with van der Waals surface area (Å²) in [5, 5.41) is 3.02. The second-order valence-electron chi connectivity index (χ2n) is 5.87. The minimum Gasteiger partial charge on any atom is -0.345 e. The number of carbonyl (C=O) groups is 1. The molecule has 2 aromatic rings. The minimum absolute atomic E-state index is 0.158. The number of hydrogen-bond donors (Lipinski definition) is 3. The Kier molecular flexibility index (Phi) is 4.34. The molecule has 0 saturated heterocycles. The summed E-state index contributed by atoms with van der Waals surface area (Å²) in [5.74, 6) is 4.64. The Hall–Kier alpha value is -2.68. The number of benzene rings is 1. The zero-order chi connectivity index (χ0) is 18.1. The van der Waals surface area contributed by atoms with Gasteiger partial charge in [0.1, 0.15) is 0 Å². The van der Waals surface area contributed by atoms with Crippen LogP contribution in [0.5, 0.6) is 0 Å². The van der Waals surface area contributed by atoms with Crippen molar-refractivity contribution in [2.24, 2.45) is 5.84 Å². The summed E-state index contributed by atoms with van der Waals surface area (Å²) in [4.78, 5) is 19.4. The molecule has 1 heterocycles. The molecule has 4 N–H and O–H groups in total. The zero-order valence-corrected chi connectivity index (χ0v) is 13.1. The highest BCUT2D eigenvalue weighted by Crippen LogP contribution is 2.47. The second-order valence-corrected chi connectivity index (χ2v) is 5.87. The summed E-state index contributed by atoms with van der Waals surface area (Å²) in [6.45, 7) is 0. The number of rotatable bonds is 4. The van der Waals surface area contributed by atoms with Crippen molar-refractivity contribution in [2.45, 2.75) is 31.0 Å². The smallest absolute Gasteiger partial charge is 0.345 e. The van der Waals surface area contributed by atoms with Crippen molar-refractivity contribution in [3.63, 3.8) is 0 Å². The van der Waals surface area contributed by atoms with Gasteiger partial charge in [0.15, 0.2) is 0 Å². The number of nitrogens with two attached hydrogens (primary N) is 1. The molecule has 1 aliphatic rings. The molecule has 0 bridgehead atoms. The van der Waals surface area contributed by atoms with Crippen molar-refractivity contribution in [1.29, 1.82) is 0 Å². The van der Waals surface area contributed by atoms with Gasteiger partial charge in [0.05, 0.1) is 16.7 Å². The van der Waals surface area contributed by atoms with Gasteiger partial charge in [0, 0.05) is 12.4 Å². The Morgan fingerprint density at radius 2 is 1.80 bits per heavy atom. The Morgan fingerprint density at radius 3 is 2.32 bits per heavy atom. The molecule has 0 aliphatic heterocycles. The SMILES string of the molecule is NNC(=O)c1cnc(NC2(c3ccccc3C(F)(F)F)CCC2)nc1. The third-order valence-corrected chi connectivity index (χ3v) is 4.35. The second kappa shape index (κ2) is 6.32. The van der Waals surface area contributed by atoms with Gasteiger partial charge in [-0.15, -0.1) is 0 Å². The van der Waals surface area contributed by atoms with Crippen molar-refractivity contribution < 1.29 is 18.0 Å². The molecule has 0 atom stereocenters. The van der Waals surface area contributed by atoms with Crippen LogP contribution in [-0.2, 0) is 11.7 Å². The normalized spacial score (nSPS) is 16.0. The predicted octanol–water partition coefficient (Wildman–Crippen LogP) is 2.59. The van der Waals surface area contributed by atoms with Gasteiger partial charge in [0.2, 0.25) is 5.95 Å². The van der Waals surface area contributed by atoms with E-state index >= 15 is 0 Å². The number of alkyl halides is 3. The van der Waals surface area contributed by atoms with Gasteiger partial charge in [-0.25, -0.2) is 15.8 Å². The predicted molar refractivity (Wildman–Crippen MR) is 84.3 cm³/mol. The first kappa shape index (κ1) is 17.2. The van der Waals surface area contributed by atoms with Crippen molar-refractivity contribution in [3.8, 4) is 0 Å². The molecule has 0 radical (unpaired) electrons. The first-order valence-corrected chi connectivity index (χ1v) is 7.64. The molecule has 1 fully saturated rings. The lowest BCUT2D eigenvalue weighted by Crippen LogP contribution is -2.44. The van der Waals surface area contributed by atoms with E-state index in [1.54, 1.807) is 6.07 Å². The van der Waals surface area contributed by atoms with Crippen LogP contribution >= 0.6 is 0 Å². The quantitative estimate of drug-likeness (QED) is 0.447. The van der Waals surface area contributed by atoms with Crippen LogP contribution in [0.3, 0.4) is 0 Å². The Labute approximate surface area is 141 Å². The molecule has 9 heteroatoms. The van der Waals surface area contributed by atoms with Crippen LogP contribution in [0.1, 0.15) is 40.7 Å². The third-order valence-electron chi connectivity index (χ3n) is 4.35. The van der Waals surface area contributed by atoms with E-state index in [1.807, 2.05) is 5.43 Å². The lowest BCUT2D eigenvalue weighted by molar-refractivity contribution is -0.139. The molecule has 1 aliphatic carbocycles. The summed E-state index contributed by atoms with van der Waals surface area (Å²) in [6, 6.07) is 5.51.